The van der Waals surface area contributed by atoms with Gasteiger partial charge in [0.15, 0.2) is 0 Å². The molecule has 28 heavy (non-hydrogen) atoms. The van der Waals surface area contributed by atoms with Gasteiger partial charge in [-0.3, -0.25) is 13.9 Å². The highest BCUT2D eigenvalue weighted by atomic mass is 32.2. The zero-order valence-electron chi connectivity index (χ0n) is 15.8. The number of amides is 2. The number of carbonyl (C=O) groups excluding carboxylic acids is 2. The van der Waals surface area contributed by atoms with E-state index in [0.717, 1.165) is 39.8 Å². The normalized spacial score (nSPS) is 18.5. The van der Waals surface area contributed by atoms with Crippen molar-refractivity contribution < 1.29 is 9.59 Å². The van der Waals surface area contributed by atoms with E-state index in [1.807, 2.05) is 36.4 Å². The van der Waals surface area contributed by atoms with Crippen molar-refractivity contribution in [3.8, 4) is 0 Å². The van der Waals surface area contributed by atoms with Gasteiger partial charge in [0.05, 0.1) is 0 Å². The van der Waals surface area contributed by atoms with E-state index in [1.54, 1.807) is 4.31 Å². The Morgan fingerprint density at radius 2 is 1.71 bits per heavy atom. The number of fused-ring (bicyclic) bond motifs is 2. The molecule has 2 aliphatic rings. The Morgan fingerprint density at radius 1 is 1.00 bits per heavy atom. The van der Waals surface area contributed by atoms with Gasteiger partial charge in [0, 0.05) is 22.5 Å². The van der Waals surface area contributed by atoms with Gasteiger partial charge in [0.1, 0.15) is 0 Å². The molecule has 0 aromatic heterocycles. The van der Waals surface area contributed by atoms with Crippen molar-refractivity contribution >= 4 is 28.6 Å². The first-order valence-corrected chi connectivity index (χ1v) is 10.9. The summed E-state index contributed by atoms with van der Waals surface area (Å²) in [6, 6.07) is 16.2. The minimum Gasteiger partial charge on any atom is -0.361 e. The van der Waals surface area contributed by atoms with Gasteiger partial charge in [-0.25, -0.2) is 0 Å². The van der Waals surface area contributed by atoms with Crippen molar-refractivity contribution in [2.24, 2.45) is 5.73 Å². The van der Waals surface area contributed by atoms with Crippen LogP contribution in [0.5, 0.6) is 0 Å². The molecule has 0 bridgehead atoms. The molecule has 2 aliphatic heterocycles. The number of likely N-dealkylation sites (tertiary alicyclic amines) is 1. The average molecular weight is 396 g/mol. The van der Waals surface area contributed by atoms with E-state index >= 15 is 0 Å². The van der Waals surface area contributed by atoms with Crippen LogP contribution in [0.15, 0.2) is 53.4 Å². The molecule has 2 aromatic carbocycles. The third kappa shape index (κ3) is 3.75. The Balaban J connectivity index is 1.80. The summed E-state index contributed by atoms with van der Waals surface area (Å²) in [5.74, 6) is -1.50. The van der Waals surface area contributed by atoms with Crippen LogP contribution in [0.3, 0.4) is 0 Å². The summed E-state index contributed by atoms with van der Waals surface area (Å²) in [6.45, 7) is 3.35. The molecule has 4 rings (SSSR count). The molecule has 2 aromatic rings. The molecule has 0 spiro atoms. The van der Waals surface area contributed by atoms with Crippen LogP contribution in [-0.4, -0.2) is 47.2 Å². The van der Waals surface area contributed by atoms with Crippen LogP contribution >= 0.6 is 10.7 Å². The highest BCUT2D eigenvalue weighted by molar-refractivity contribution is 8.08. The topological polar surface area (TPSA) is 66.6 Å². The first-order valence-electron chi connectivity index (χ1n) is 9.76. The smallest absolute Gasteiger partial charge is 0.321 e. The Kier molecular flexibility index (Phi) is 5.59. The van der Waals surface area contributed by atoms with Crippen LogP contribution in [0.1, 0.15) is 24.8 Å². The van der Waals surface area contributed by atoms with Crippen LogP contribution in [0.25, 0.3) is 6.08 Å². The number of hydrogen-bond acceptors (Lipinski definition) is 3. The molecule has 1 atom stereocenters. The zero-order valence-corrected chi connectivity index (χ0v) is 16.7. The predicted octanol–water partition coefficient (Wildman–Crippen LogP) is 2.12. The van der Waals surface area contributed by atoms with Gasteiger partial charge >= 0.3 is 11.8 Å². The highest BCUT2D eigenvalue weighted by Gasteiger charge is 2.26. The Bertz CT molecular complexity index is 1030. The Labute approximate surface area is 167 Å². The number of rotatable bonds is 4. The lowest BCUT2D eigenvalue weighted by Crippen LogP contribution is -2.43. The Hall–Kier alpha value is -2.44. The van der Waals surface area contributed by atoms with Crippen LogP contribution in [-0.2, 0) is 9.59 Å². The van der Waals surface area contributed by atoms with Gasteiger partial charge < -0.3 is 10.6 Å². The quantitative estimate of drug-likeness (QED) is 0.637. The molecular weight excluding hydrogens is 370 g/mol. The van der Waals surface area contributed by atoms with Gasteiger partial charge in [-0.05, 0) is 54.9 Å². The van der Waals surface area contributed by atoms with Gasteiger partial charge in [-0.2, -0.15) is 0 Å². The van der Waals surface area contributed by atoms with E-state index < -0.39 is 22.5 Å². The molecule has 6 heteroatoms. The molecule has 2 amide bonds. The molecule has 1 unspecified atom stereocenters. The minimum absolute atomic E-state index is 0.494. The first kappa shape index (κ1) is 18.9. The fourth-order valence-electron chi connectivity index (χ4n) is 3.89. The molecule has 2 heterocycles. The number of primary amides is 1. The fourth-order valence-corrected chi connectivity index (χ4v) is 6.24. The number of hydrogen-bond donors (Lipinski definition) is 1. The molecule has 0 radical (unpaired) electrons. The third-order valence-electron chi connectivity index (χ3n) is 5.29. The van der Waals surface area contributed by atoms with Crippen LogP contribution in [0, 0.1) is 4.51 Å². The maximum absolute atomic E-state index is 12.9. The van der Waals surface area contributed by atoms with Gasteiger partial charge in [-0.15, -0.1) is 0 Å². The third-order valence-corrected chi connectivity index (χ3v) is 7.66. The van der Waals surface area contributed by atoms with E-state index in [9.17, 15) is 9.59 Å². The first-order chi connectivity index (χ1) is 13.6. The molecule has 0 aliphatic carbocycles. The number of piperidine rings is 1. The summed E-state index contributed by atoms with van der Waals surface area (Å²) < 4.78 is 2.76. The van der Waals surface area contributed by atoms with E-state index in [-0.39, 0.29) is 0 Å². The zero-order chi connectivity index (χ0) is 19.5. The van der Waals surface area contributed by atoms with Gasteiger partial charge in [0.2, 0.25) is 0 Å². The van der Waals surface area contributed by atoms with E-state index in [2.05, 4.69) is 23.1 Å². The van der Waals surface area contributed by atoms with E-state index in [4.69, 9.17) is 5.73 Å². The van der Waals surface area contributed by atoms with Crippen LogP contribution < -0.4 is 11.0 Å². The van der Waals surface area contributed by atoms with Crippen LogP contribution in [0.2, 0.25) is 0 Å². The van der Waals surface area contributed by atoms with Gasteiger partial charge in [0.25, 0.3) is 0 Å². The molecular formula is C22H25N3O2S. The summed E-state index contributed by atoms with van der Waals surface area (Å²) in [6.07, 6.45) is 5.79. The van der Waals surface area contributed by atoms with E-state index in [0.29, 0.717) is 6.54 Å². The largest absolute Gasteiger partial charge is 0.361 e. The standard InChI is InChI=1S/C22H25N3O2S/c23-21(26)22(27)25(15-14-24-12-6-1-7-13-24)28-19-10-4-2-8-17(19)16-18-9-3-5-11-20(18)28/h2-5,8-11,16H,1,6-7,12-15H2,(H2,23,26). The van der Waals surface area contributed by atoms with Crippen molar-refractivity contribution in [3.05, 3.63) is 63.8 Å². The Morgan fingerprint density at radius 3 is 2.50 bits per heavy atom. The van der Waals surface area contributed by atoms with Gasteiger partial charge in [-0.1, -0.05) is 53.5 Å². The summed E-state index contributed by atoms with van der Waals surface area (Å²) >= 11 is 0. The minimum atomic E-state index is -0.893. The lowest BCUT2D eigenvalue weighted by Gasteiger charge is -2.32. The van der Waals surface area contributed by atoms with Crippen molar-refractivity contribution in [2.45, 2.75) is 24.2 Å². The second kappa shape index (κ2) is 8.29. The summed E-state index contributed by atoms with van der Waals surface area (Å²) in [5, 5.41) is 1.09. The number of benzene rings is 2. The molecule has 1 fully saturated rings. The monoisotopic (exact) mass is 395 g/mol. The lowest BCUT2D eigenvalue weighted by atomic mass is 10.1. The molecule has 0 saturated carbocycles. The predicted molar refractivity (Wildman–Crippen MR) is 112 cm³/mol. The summed E-state index contributed by atoms with van der Waals surface area (Å²) in [4.78, 5) is 28.2. The van der Waals surface area contributed by atoms with E-state index in [1.165, 1.54) is 19.3 Å². The lowest BCUT2D eigenvalue weighted by molar-refractivity contribution is -0.140. The second-order valence-electron chi connectivity index (χ2n) is 7.18. The fraction of sp³-hybridized carbons (Fsp3) is 0.318. The highest BCUT2D eigenvalue weighted by Crippen LogP contribution is 2.38. The summed E-state index contributed by atoms with van der Waals surface area (Å²) in [7, 11) is -0.662. The van der Waals surface area contributed by atoms with Crippen molar-refractivity contribution in [2.75, 3.05) is 26.2 Å². The molecule has 5 nitrogen and oxygen atoms in total. The SMILES string of the molecule is NC(=O)C(=O)N(CCN1CCCCC1)S1=c2ccccc2=Cc2ccccc21. The maximum atomic E-state index is 12.9. The maximum Gasteiger partial charge on any atom is 0.321 e. The number of carbonyl (C=O) groups is 2. The van der Waals surface area contributed by atoms with Crippen LogP contribution in [0.4, 0.5) is 0 Å². The molecule has 2 N–H and O–H groups in total. The second-order valence-corrected chi connectivity index (χ2v) is 9.07. The molecule has 146 valence electrons. The van der Waals surface area contributed by atoms with Crippen molar-refractivity contribution in [3.63, 3.8) is 0 Å². The molecule has 1 saturated heterocycles. The van der Waals surface area contributed by atoms with Crippen molar-refractivity contribution in [1.82, 2.24) is 9.21 Å². The summed E-state index contributed by atoms with van der Waals surface area (Å²) in [5.41, 5.74) is 6.53. The number of nitrogens with two attached hydrogens (primary N) is 1. The average Bonchev–Trinajstić information content (AvgIpc) is 2.73. The van der Waals surface area contributed by atoms with Crippen molar-refractivity contribution in [1.29, 1.82) is 0 Å². The number of nitrogens with zero attached hydrogens (tertiary/aromatic N) is 2.